The topological polar surface area (TPSA) is 104 Å². The van der Waals surface area contributed by atoms with Crippen molar-refractivity contribution in [2.24, 2.45) is 0 Å². The molecule has 0 aliphatic heterocycles. The molecule has 0 radical (unpaired) electrons. The molecular weight excluding hydrogens is 401 g/mol. The third-order valence-electron chi connectivity index (χ3n) is 4.58. The number of hydrogen-bond acceptors (Lipinski definition) is 6. The van der Waals surface area contributed by atoms with E-state index in [1.165, 1.54) is 18.2 Å². The van der Waals surface area contributed by atoms with Crippen molar-refractivity contribution in [3.63, 3.8) is 0 Å². The second-order valence-electron chi connectivity index (χ2n) is 6.53. The minimum absolute atomic E-state index is 0.0551. The first-order chi connectivity index (χ1) is 14.9. The Kier molecular flexibility index (Phi) is 6.49. The predicted molar refractivity (Wildman–Crippen MR) is 117 cm³/mol. The zero-order valence-corrected chi connectivity index (χ0v) is 17.4. The third kappa shape index (κ3) is 4.48. The Morgan fingerprint density at radius 3 is 2.58 bits per heavy atom. The van der Waals surface area contributed by atoms with Crippen molar-refractivity contribution in [3.8, 4) is 16.9 Å². The Bertz CT molecular complexity index is 1220. The van der Waals surface area contributed by atoms with Crippen LogP contribution in [-0.4, -0.2) is 9.91 Å². The van der Waals surface area contributed by atoms with Gasteiger partial charge in [0.25, 0.3) is 0 Å². The minimum Gasteiger partial charge on any atom is -0.482 e. The largest absolute Gasteiger partial charge is 0.482 e. The molecule has 0 saturated carbocycles. The summed E-state index contributed by atoms with van der Waals surface area (Å²) in [7, 11) is 0. The smallest absolute Gasteiger partial charge is 0.310 e. The van der Waals surface area contributed by atoms with Gasteiger partial charge in [-0.25, -0.2) is 9.37 Å². The highest BCUT2D eigenvalue weighted by atomic mass is 19.1. The van der Waals surface area contributed by atoms with Gasteiger partial charge in [-0.2, -0.15) is 0 Å². The number of nitrogens with zero attached hydrogens (tertiary/aromatic N) is 2. The normalized spacial score (nSPS) is 10.5. The molecule has 2 aromatic heterocycles. The van der Waals surface area contributed by atoms with Crippen molar-refractivity contribution in [1.82, 2.24) is 4.98 Å². The third-order valence-corrected chi connectivity index (χ3v) is 4.58. The summed E-state index contributed by atoms with van der Waals surface area (Å²) in [5.41, 5.74) is 9.28. The maximum atomic E-state index is 13.1. The lowest BCUT2D eigenvalue weighted by Crippen LogP contribution is -2.00. The molecule has 0 spiro atoms. The molecule has 0 unspecified atom stereocenters. The Hall–Kier alpha value is -3.94. The van der Waals surface area contributed by atoms with E-state index in [1.54, 1.807) is 36.7 Å². The lowest BCUT2D eigenvalue weighted by atomic mass is 10.0. The molecule has 8 heteroatoms. The van der Waals surface area contributed by atoms with Crippen molar-refractivity contribution < 1.29 is 18.5 Å². The van der Waals surface area contributed by atoms with Gasteiger partial charge in [-0.3, -0.25) is 10.1 Å². The van der Waals surface area contributed by atoms with Gasteiger partial charge in [-0.15, -0.1) is 0 Å². The van der Waals surface area contributed by atoms with Gasteiger partial charge in [0.05, 0.1) is 16.6 Å². The van der Waals surface area contributed by atoms with E-state index in [0.717, 1.165) is 5.56 Å². The molecule has 4 aromatic rings. The molecule has 2 aromatic carbocycles. The number of benzene rings is 2. The minimum atomic E-state index is -0.517. The molecule has 31 heavy (non-hydrogen) atoms. The Morgan fingerprint density at radius 1 is 1.19 bits per heavy atom. The van der Waals surface area contributed by atoms with Gasteiger partial charge in [0, 0.05) is 23.4 Å². The number of pyridine rings is 1. The first-order valence-electron chi connectivity index (χ1n) is 9.72. The molecule has 160 valence electrons. The van der Waals surface area contributed by atoms with Crippen LogP contribution in [0.2, 0.25) is 0 Å². The second-order valence-corrected chi connectivity index (χ2v) is 6.53. The number of aryl methyl sites for hydroxylation is 1. The summed E-state index contributed by atoms with van der Waals surface area (Å²) in [6.45, 7) is 5.91. The zero-order valence-electron chi connectivity index (χ0n) is 17.4. The SMILES string of the molecule is CC.Cc1cnc(N)c2c(-c3ccc([N+](=O)[O-])c(OCc4ccc(F)cc4)c3)coc12. The van der Waals surface area contributed by atoms with Crippen molar-refractivity contribution in [3.05, 3.63) is 82.0 Å². The van der Waals surface area contributed by atoms with Crippen LogP contribution in [0.5, 0.6) is 5.75 Å². The van der Waals surface area contributed by atoms with Gasteiger partial charge >= 0.3 is 5.69 Å². The summed E-state index contributed by atoms with van der Waals surface area (Å²) in [4.78, 5) is 15.1. The first-order valence-corrected chi connectivity index (χ1v) is 9.72. The van der Waals surface area contributed by atoms with Crippen LogP contribution in [0.1, 0.15) is 25.0 Å². The molecule has 0 saturated heterocycles. The maximum Gasteiger partial charge on any atom is 0.310 e. The summed E-state index contributed by atoms with van der Waals surface area (Å²) in [5.74, 6) is 0.0295. The first kappa shape index (κ1) is 21.8. The number of anilines is 1. The van der Waals surface area contributed by atoms with E-state index >= 15 is 0 Å². The highest BCUT2D eigenvalue weighted by Gasteiger charge is 2.20. The van der Waals surface area contributed by atoms with E-state index in [4.69, 9.17) is 14.9 Å². The molecule has 2 heterocycles. The van der Waals surface area contributed by atoms with Crippen LogP contribution in [0.4, 0.5) is 15.9 Å². The van der Waals surface area contributed by atoms with E-state index in [-0.39, 0.29) is 23.9 Å². The van der Waals surface area contributed by atoms with E-state index in [1.807, 2.05) is 20.8 Å². The zero-order chi connectivity index (χ0) is 22.5. The van der Waals surface area contributed by atoms with Crippen molar-refractivity contribution >= 4 is 22.5 Å². The molecule has 0 bridgehead atoms. The molecular formula is C23H22FN3O4. The van der Waals surface area contributed by atoms with Gasteiger partial charge in [-0.05, 0) is 42.3 Å². The van der Waals surface area contributed by atoms with Gasteiger partial charge in [0.1, 0.15) is 23.8 Å². The number of fused-ring (bicyclic) bond motifs is 1. The summed E-state index contributed by atoms with van der Waals surface area (Å²) in [6.07, 6.45) is 3.17. The summed E-state index contributed by atoms with van der Waals surface area (Å²) >= 11 is 0. The number of nitro benzene ring substituents is 1. The maximum absolute atomic E-state index is 13.1. The predicted octanol–water partition coefficient (Wildman–Crippen LogP) is 6.04. The number of ether oxygens (including phenoxy) is 1. The summed E-state index contributed by atoms with van der Waals surface area (Å²) in [5, 5.41) is 12.1. The number of furan rings is 1. The summed E-state index contributed by atoms with van der Waals surface area (Å²) < 4.78 is 24.4. The average Bonchev–Trinajstić information content (AvgIpc) is 3.24. The van der Waals surface area contributed by atoms with Crippen LogP contribution in [-0.2, 0) is 6.61 Å². The van der Waals surface area contributed by atoms with E-state index in [0.29, 0.717) is 33.5 Å². The highest BCUT2D eigenvalue weighted by Crippen LogP contribution is 2.39. The van der Waals surface area contributed by atoms with Gasteiger partial charge in [-0.1, -0.05) is 26.0 Å². The monoisotopic (exact) mass is 423 g/mol. The second kappa shape index (κ2) is 9.25. The molecule has 2 N–H and O–H groups in total. The van der Waals surface area contributed by atoms with Crippen LogP contribution in [0.25, 0.3) is 22.1 Å². The number of halogens is 1. The summed E-state index contributed by atoms with van der Waals surface area (Å²) in [6, 6.07) is 10.3. The van der Waals surface area contributed by atoms with Crippen LogP contribution >= 0.6 is 0 Å². The Balaban J connectivity index is 0.00000132. The fourth-order valence-corrected chi connectivity index (χ4v) is 3.09. The van der Waals surface area contributed by atoms with Crippen LogP contribution < -0.4 is 10.5 Å². The number of rotatable bonds is 5. The number of nitrogens with two attached hydrogens (primary N) is 1. The molecule has 4 rings (SSSR count). The van der Waals surface area contributed by atoms with Gasteiger partial charge < -0.3 is 14.9 Å². The van der Waals surface area contributed by atoms with Gasteiger partial charge in [0.2, 0.25) is 0 Å². The molecule has 0 amide bonds. The van der Waals surface area contributed by atoms with E-state index in [2.05, 4.69) is 4.98 Å². The molecule has 0 fully saturated rings. The number of hydrogen-bond donors (Lipinski definition) is 1. The quantitative estimate of drug-likeness (QED) is 0.310. The molecule has 0 aliphatic rings. The number of aromatic nitrogens is 1. The van der Waals surface area contributed by atoms with Crippen molar-refractivity contribution in [2.45, 2.75) is 27.4 Å². The average molecular weight is 423 g/mol. The van der Waals surface area contributed by atoms with E-state index < -0.39 is 4.92 Å². The van der Waals surface area contributed by atoms with E-state index in [9.17, 15) is 14.5 Å². The standard InChI is InChI=1S/C21H16FN3O4.C2H6/c1-12-9-24-21(23)19-16(11-29-20(12)19)14-4-7-17(25(26)27)18(8-14)28-10-13-2-5-15(22)6-3-13;1-2/h2-9,11H,10H2,1H3,(H2,23,24);1-2H3. The van der Waals surface area contributed by atoms with Crippen LogP contribution in [0.15, 0.2) is 59.3 Å². The van der Waals surface area contributed by atoms with Gasteiger partial charge in [0.15, 0.2) is 5.75 Å². The molecule has 0 aliphatic carbocycles. The fourth-order valence-electron chi connectivity index (χ4n) is 3.09. The Labute approximate surface area is 178 Å². The van der Waals surface area contributed by atoms with Crippen molar-refractivity contribution in [2.75, 3.05) is 5.73 Å². The number of nitrogen functional groups attached to an aromatic ring is 1. The number of nitro groups is 1. The van der Waals surface area contributed by atoms with Crippen LogP contribution in [0, 0.1) is 22.9 Å². The van der Waals surface area contributed by atoms with Crippen molar-refractivity contribution in [1.29, 1.82) is 0 Å². The molecule has 7 nitrogen and oxygen atoms in total. The highest BCUT2D eigenvalue weighted by molar-refractivity contribution is 6.02. The lowest BCUT2D eigenvalue weighted by molar-refractivity contribution is -0.385. The van der Waals surface area contributed by atoms with Crippen LogP contribution in [0.3, 0.4) is 0 Å². The lowest BCUT2D eigenvalue weighted by Gasteiger charge is -2.09. The fraction of sp³-hybridized carbons (Fsp3) is 0.174. The Morgan fingerprint density at radius 2 is 1.90 bits per heavy atom. The molecule has 0 atom stereocenters.